The molecule has 0 aliphatic heterocycles. The summed E-state index contributed by atoms with van der Waals surface area (Å²) < 4.78 is 11.0. The summed E-state index contributed by atoms with van der Waals surface area (Å²) in [5, 5.41) is 18.0. The first kappa shape index (κ1) is 18.6. The molecule has 3 rings (SSSR count). The second kappa shape index (κ2) is 7.99. The van der Waals surface area contributed by atoms with E-state index in [-0.39, 0.29) is 10.1 Å². The summed E-state index contributed by atoms with van der Waals surface area (Å²) >= 11 is 12.8. The number of aliphatic carboxylic acids is 1. The molecule has 0 fully saturated rings. The van der Waals surface area contributed by atoms with Crippen molar-refractivity contribution in [1.82, 2.24) is 10.2 Å². The molecule has 26 heavy (non-hydrogen) atoms. The summed E-state index contributed by atoms with van der Waals surface area (Å²) in [5.74, 6) is 0.220. The molecule has 6 nitrogen and oxygen atoms in total. The van der Waals surface area contributed by atoms with E-state index in [4.69, 9.17) is 32.0 Å². The lowest BCUT2D eigenvalue weighted by Gasteiger charge is -2.00. The largest absolute Gasteiger partial charge is 0.477 e. The van der Waals surface area contributed by atoms with Crippen LogP contribution in [0.1, 0.15) is 18.6 Å². The van der Waals surface area contributed by atoms with Gasteiger partial charge in [0.2, 0.25) is 5.89 Å². The second-order valence-corrected chi connectivity index (χ2v) is 6.87. The SMILES string of the molecule is CCc1nnc(S/C(=C\c2ccc(-c3ccc(Cl)c(Cl)c3)o2)C(=O)O)o1. The molecule has 0 aliphatic rings. The van der Waals surface area contributed by atoms with Crippen LogP contribution in [0, 0.1) is 0 Å². The molecule has 0 saturated heterocycles. The topological polar surface area (TPSA) is 89.4 Å². The van der Waals surface area contributed by atoms with Crippen molar-refractivity contribution in [2.24, 2.45) is 0 Å². The summed E-state index contributed by atoms with van der Waals surface area (Å²) in [5.41, 5.74) is 0.730. The van der Waals surface area contributed by atoms with Crippen LogP contribution in [0.25, 0.3) is 17.4 Å². The van der Waals surface area contributed by atoms with Crippen LogP contribution in [-0.4, -0.2) is 21.3 Å². The van der Waals surface area contributed by atoms with E-state index < -0.39 is 5.97 Å². The quantitative estimate of drug-likeness (QED) is 0.428. The number of carboxylic acid groups (broad SMARTS) is 1. The van der Waals surface area contributed by atoms with E-state index in [9.17, 15) is 9.90 Å². The zero-order valence-corrected chi connectivity index (χ0v) is 15.7. The summed E-state index contributed by atoms with van der Waals surface area (Å²) in [6.07, 6.45) is 1.97. The molecule has 2 heterocycles. The number of benzene rings is 1. The van der Waals surface area contributed by atoms with Crippen molar-refractivity contribution >= 4 is 47.0 Å². The minimum atomic E-state index is -1.13. The van der Waals surface area contributed by atoms with E-state index in [2.05, 4.69) is 10.2 Å². The van der Waals surface area contributed by atoms with E-state index in [1.165, 1.54) is 6.08 Å². The average Bonchev–Trinajstić information content (AvgIpc) is 3.26. The lowest BCUT2D eigenvalue weighted by Crippen LogP contribution is -1.96. The molecule has 2 aromatic heterocycles. The molecular formula is C17H12Cl2N2O4S. The van der Waals surface area contributed by atoms with E-state index >= 15 is 0 Å². The van der Waals surface area contributed by atoms with E-state index in [1.807, 2.05) is 6.92 Å². The zero-order chi connectivity index (χ0) is 18.7. The molecule has 0 radical (unpaired) electrons. The third kappa shape index (κ3) is 4.30. The van der Waals surface area contributed by atoms with Gasteiger partial charge < -0.3 is 13.9 Å². The molecule has 1 N–H and O–H groups in total. The Morgan fingerprint density at radius 2 is 2.00 bits per heavy atom. The highest BCUT2D eigenvalue weighted by Gasteiger charge is 2.16. The second-order valence-electron chi connectivity index (χ2n) is 5.06. The zero-order valence-electron chi connectivity index (χ0n) is 13.4. The molecule has 0 aliphatic carbocycles. The Bertz CT molecular complexity index is 981. The predicted octanol–water partition coefficient (Wildman–Crippen LogP) is 5.42. The van der Waals surface area contributed by atoms with Crippen molar-refractivity contribution in [3.63, 3.8) is 0 Å². The number of aryl methyl sites for hydroxylation is 1. The first-order valence-electron chi connectivity index (χ1n) is 7.46. The van der Waals surface area contributed by atoms with Gasteiger partial charge in [0.05, 0.1) is 10.0 Å². The molecular weight excluding hydrogens is 399 g/mol. The maximum Gasteiger partial charge on any atom is 0.342 e. The Labute approximate surface area is 162 Å². The van der Waals surface area contributed by atoms with E-state index in [0.717, 1.165) is 17.3 Å². The third-order valence-corrected chi connectivity index (χ3v) is 4.85. The molecule has 9 heteroatoms. The number of nitrogens with zero attached hydrogens (tertiary/aromatic N) is 2. The summed E-state index contributed by atoms with van der Waals surface area (Å²) in [7, 11) is 0. The first-order valence-corrected chi connectivity index (χ1v) is 9.04. The highest BCUT2D eigenvalue weighted by molar-refractivity contribution is 8.03. The van der Waals surface area contributed by atoms with Gasteiger partial charge in [0.1, 0.15) is 16.4 Å². The minimum absolute atomic E-state index is 0.00802. The lowest BCUT2D eigenvalue weighted by atomic mass is 10.2. The number of hydrogen-bond donors (Lipinski definition) is 1. The maximum atomic E-state index is 11.5. The van der Waals surface area contributed by atoms with Crippen molar-refractivity contribution in [2.45, 2.75) is 18.6 Å². The fourth-order valence-corrected chi connectivity index (χ4v) is 2.98. The molecule has 0 spiro atoms. The van der Waals surface area contributed by atoms with E-state index in [1.54, 1.807) is 30.3 Å². The number of aromatic nitrogens is 2. The number of hydrogen-bond acceptors (Lipinski definition) is 6. The van der Waals surface area contributed by atoms with Crippen molar-refractivity contribution in [2.75, 3.05) is 0 Å². The Hall–Kier alpha value is -2.22. The van der Waals surface area contributed by atoms with Crippen molar-refractivity contribution in [3.8, 4) is 11.3 Å². The average molecular weight is 411 g/mol. The summed E-state index contributed by atoms with van der Waals surface area (Å²) in [4.78, 5) is 11.5. The van der Waals surface area contributed by atoms with Crippen LogP contribution in [0.3, 0.4) is 0 Å². The summed E-state index contributed by atoms with van der Waals surface area (Å²) in [6.45, 7) is 1.86. The number of carbonyl (C=O) groups is 1. The highest BCUT2D eigenvalue weighted by atomic mass is 35.5. The Morgan fingerprint density at radius 3 is 2.65 bits per heavy atom. The van der Waals surface area contributed by atoms with Gasteiger partial charge in [0, 0.05) is 18.1 Å². The van der Waals surface area contributed by atoms with Crippen molar-refractivity contribution in [1.29, 1.82) is 0 Å². The van der Waals surface area contributed by atoms with Crippen molar-refractivity contribution < 1.29 is 18.7 Å². The Morgan fingerprint density at radius 1 is 1.19 bits per heavy atom. The van der Waals surface area contributed by atoms with Crippen LogP contribution in [-0.2, 0) is 11.2 Å². The Balaban J connectivity index is 1.85. The monoisotopic (exact) mass is 410 g/mol. The van der Waals surface area contributed by atoms with Gasteiger partial charge in [-0.25, -0.2) is 4.79 Å². The van der Waals surface area contributed by atoms with Crippen LogP contribution < -0.4 is 0 Å². The molecule has 0 atom stereocenters. The minimum Gasteiger partial charge on any atom is -0.477 e. The van der Waals surface area contributed by atoms with Gasteiger partial charge in [-0.05, 0) is 42.1 Å². The van der Waals surface area contributed by atoms with Gasteiger partial charge >= 0.3 is 5.97 Å². The van der Waals surface area contributed by atoms with Crippen LogP contribution >= 0.6 is 35.0 Å². The van der Waals surface area contributed by atoms with E-state index in [0.29, 0.717) is 33.9 Å². The predicted molar refractivity (Wildman–Crippen MR) is 99.3 cm³/mol. The molecule has 3 aromatic rings. The van der Waals surface area contributed by atoms with Gasteiger partial charge in [-0.1, -0.05) is 30.1 Å². The molecule has 1 aromatic carbocycles. The molecule has 0 saturated carbocycles. The normalized spacial score (nSPS) is 11.7. The number of furan rings is 1. The van der Waals surface area contributed by atoms with Gasteiger partial charge in [-0.3, -0.25) is 0 Å². The molecule has 134 valence electrons. The third-order valence-electron chi connectivity index (χ3n) is 3.26. The number of halogens is 2. The van der Waals surface area contributed by atoms with Gasteiger partial charge in [-0.2, -0.15) is 0 Å². The smallest absolute Gasteiger partial charge is 0.342 e. The van der Waals surface area contributed by atoms with Crippen LogP contribution in [0.5, 0.6) is 0 Å². The fraction of sp³-hybridized carbons (Fsp3) is 0.118. The first-order chi connectivity index (χ1) is 12.5. The Kier molecular flexibility index (Phi) is 5.70. The van der Waals surface area contributed by atoms with Gasteiger partial charge in [-0.15, -0.1) is 10.2 Å². The van der Waals surface area contributed by atoms with Crippen LogP contribution in [0.15, 0.2) is 49.3 Å². The van der Waals surface area contributed by atoms with Gasteiger partial charge in [0.25, 0.3) is 5.22 Å². The van der Waals surface area contributed by atoms with Crippen LogP contribution in [0.4, 0.5) is 0 Å². The molecule has 0 amide bonds. The molecule has 0 bridgehead atoms. The maximum absolute atomic E-state index is 11.5. The van der Waals surface area contributed by atoms with Gasteiger partial charge in [0.15, 0.2) is 0 Å². The number of carboxylic acids is 1. The summed E-state index contributed by atoms with van der Waals surface area (Å²) in [6, 6.07) is 8.48. The molecule has 0 unspecified atom stereocenters. The lowest BCUT2D eigenvalue weighted by molar-refractivity contribution is -0.131. The highest BCUT2D eigenvalue weighted by Crippen LogP contribution is 2.32. The van der Waals surface area contributed by atoms with Crippen LogP contribution in [0.2, 0.25) is 10.0 Å². The standard InChI is InChI=1S/C17H12Cl2N2O4S/c1-2-15-20-21-17(25-15)26-14(16(22)23)8-10-4-6-13(24-10)9-3-5-11(18)12(19)7-9/h3-8H,2H2,1H3,(H,22,23)/b14-8-. The number of rotatable bonds is 6. The fourth-order valence-electron chi connectivity index (χ4n) is 2.02. The van der Waals surface area contributed by atoms with Crippen molar-refractivity contribution in [3.05, 3.63) is 56.9 Å². The number of thioether (sulfide) groups is 1.